The van der Waals surface area contributed by atoms with Crippen molar-refractivity contribution in [3.63, 3.8) is 0 Å². The standard InChI is InChI=1S/C5H5N5.C5H10O5/c6-5-7-1-3-4(10-5)9-2-8-3;6-1-2-3(7)4(8)5(9)10-2/h1-2H,(H3,6,7,8,9,10);2-9H,1H2/t;2-,3-,4-,5?/m.1/s1. The van der Waals surface area contributed by atoms with E-state index in [1.807, 2.05) is 0 Å². The lowest BCUT2D eigenvalue weighted by atomic mass is 10.1. The van der Waals surface area contributed by atoms with Crippen molar-refractivity contribution in [3.8, 4) is 0 Å². The van der Waals surface area contributed by atoms with Crippen molar-refractivity contribution in [3.05, 3.63) is 12.5 Å². The second-order valence-electron chi connectivity index (χ2n) is 4.09. The van der Waals surface area contributed by atoms with Crippen LogP contribution in [0.15, 0.2) is 12.5 Å². The van der Waals surface area contributed by atoms with Gasteiger partial charge in [-0.3, -0.25) is 0 Å². The maximum absolute atomic E-state index is 8.93. The third-order valence-corrected chi connectivity index (χ3v) is 2.71. The molecule has 10 nitrogen and oxygen atoms in total. The average molecular weight is 285 g/mol. The summed E-state index contributed by atoms with van der Waals surface area (Å²) >= 11 is 0. The predicted octanol–water partition coefficient (Wildman–Crippen LogP) is -2.65. The molecule has 1 saturated heterocycles. The van der Waals surface area contributed by atoms with Crippen LogP contribution in [0.4, 0.5) is 5.95 Å². The minimum absolute atomic E-state index is 0.261. The van der Waals surface area contributed by atoms with E-state index >= 15 is 0 Å². The number of rotatable bonds is 1. The molecule has 7 N–H and O–H groups in total. The van der Waals surface area contributed by atoms with Crippen LogP contribution in [0.25, 0.3) is 11.2 Å². The normalized spacial score (nSPS) is 29.2. The predicted molar refractivity (Wildman–Crippen MR) is 66.1 cm³/mol. The van der Waals surface area contributed by atoms with E-state index in [1.54, 1.807) is 12.5 Å². The Labute approximate surface area is 112 Å². The molecule has 0 saturated carbocycles. The molecule has 0 amide bonds. The number of aromatic amines is 1. The lowest BCUT2D eigenvalue weighted by molar-refractivity contribution is -0.132. The van der Waals surface area contributed by atoms with Gasteiger partial charge < -0.3 is 35.9 Å². The highest BCUT2D eigenvalue weighted by Gasteiger charge is 2.41. The van der Waals surface area contributed by atoms with Gasteiger partial charge in [-0.2, -0.15) is 4.98 Å². The number of hydrogen-bond donors (Lipinski definition) is 6. The Hall–Kier alpha value is -1.85. The first-order valence-corrected chi connectivity index (χ1v) is 5.75. The molecule has 3 rings (SSSR count). The number of nitrogens with two attached hydrogens (primary N) is 1. The molecule has 0 radical (unpaired) electrons. The van der Waals surface area contributed by atoms with Crippen molar-refractivity contribution in [2.75, 3.05) is 12.3 Å². The van der Waals surface area contributed by atoms with Crippen LogP contribution in [0.1, 0.15) is 0 Å². The summed E-state index contributed by atoms with van der Waals surface area (Å²) in [6.45, 7) is -0.407. The van der Waals surface area contributed by atoms with Crippen molar-refractivity contribution in [2.45, 2.75) is 24.6 Å². The molecule has 0 bridgehead atoms. The Morgan fingerprint density at radius 2 is 2.00 bits per heavy atom. The minimum atomic E-state index is -1.38. The van der Waals surface area contributed by atoms with Crippen molar-refractivity contribution in [1.82, 2.24) is 19.9 Å². The van der Waals surface area contributed by atoms with Crippen LogP contribution < -0.4 is 5.73 Å². The number of nitrogens with zero attached hydrogens (tertiary/aromatic N) is 3. The molecule has 20 heavy (non-hydrogen) atoms. The summed E-state index contributed by atoms with van der Waals surface area (Å²) < 4.78 is 4.54. The molecule has 3 heterocycles. The van der Waals surface area contributed by atoms with Gasteiger partial charge in [0.1, 0.15) is 23.8 Å². The number of imidazole rings is 1. The first kappa shape index (κ1) is 14.6. The van der Waals surface area contributed by atoms with Gasteiger partial charge in [0.15, 0.2) is 11.9 Å². The molecule has 2 aromatic heterocycles. The van der Waals surface area contributed by atoms with Crippen LogP contribution in [0.3, 0.4) is 0 Å². The van der Waals surface area contributed by atoms with Crippen LogP contribution in [0, 0.1) is 0 Å². The van der Waals surface area contributed by atoms with Crippen molar-refractivity contribution < 1.29 is 25.2 Å². The minimum Gasteiger partial charge on any atom is -0.394 e. The Kier molecular flexibility index (Phi) is 4.42. The van der Waals surface area contributed by atoms with E-state index in [-0.39, 0.29) is 5.95 Å². The number of aliphatic hydroxyl groups excluding tert-OH is 4. The van der Waals surface area contributed by atoms with Gasteiger partial charge in [0.05, 0.1) is 19.1 Å². The molecule has 4 atom stereocenters. The lowest BCUT2D eigenvalue weighted by Gasteiger charge is -2.09. The first-order valence-electron chi connectivity index (χ1n) is 5.75. The molecule has 10 heteroatoms. The Morgan fingerprint density at radius 1 is 1.25 bits per heavy atom. The van der Waals surface area contributed by atoms with E-state index in [0.29, 0.717) is 5.65 Å². The van der Waals surface area contributed by atoms with Gasteiger partial charge in [0.25, 0.3) is 0 Å². The van der Waals surface area contributed by atoms with Gasteiger partial charge in [-0.1, -0.05) is 0 Å². The Balaban J connectivity index is 0.000000147. The zero-order chi connectivity index (χ0) is 14.7. The van der Waals surface area contributed by atoms with Crippen molar-refractivity contribution in [2.24, 2.45) is 0 Å². The molecular formula is C10H15N5O5. The molecule has 110 valence electrons. The van der Waals surface area contributed by atoms with E-state index in [1.165, 1.54) is 0 Å². The van der Waals surface area contributed by atoms with E-state index in [2.05, 4.69) is 24.7 Å². The SMILES string of the molecule is Nc1ncc2nc[nH]c2n1.OC[C@H]1OC(O)[C@H](O)[C@@H]1O. The van der Waals surface area contributed by atoms with E-state index in [9.17, 15) is 0 Å². The van der Waals surface area contributed by atoms with Gasteiger partial charge in [0, 0.05) is 0 Å². The highest BCUT2D eigenvalue weighted by Crippen LogP contribution is 2.18. The highest BCUT2D eigenvalue weighted by molar-refractivity contribution is 5.69. The number of aliphatic hydroxyl groups is 4. The number of H-pyrrole nitrogens is 1. The quantitative estimate of drug-likeness (QED) is 0.327. The number of ether oxygens (including phenoxy) is 1. The van der Waals surface area contributed by atoms with E-state index in [0.717, 1.165) is 5.52 Å². The maximum atomic E-state index is 8.93. The second-order valence-corrected chi connectivity index (χ2v) is 4.09. The maximum Gasteiger partial charge on any atom is 0.222 e. The summed E-state index contributed by atoms with van der Waals surface area (Å²) in [7, 11) is 0. The fourth-order valence-electron chi connectivity index (χ4n) is 1.63. The van der Waals surface area contributed by atoms with Gasteiger partial charge in [-0.15, -0.1) is 0 Å². The fraction of sp³-hybridized carbons (Fsp3) is 0.500. The summed E-state index contributed by atoms with van der Waals surface area (Å²) in [6.07, 6.45) is -1.62. The number of nitrogens with one attached hydrogen (secondary N) is 1. The topological polar surface area (TPSA) is 171 Å². The molecule has 2 aromatic rings. The summed E-state index contributed by atoms with van der Waals surface area (Å²) in [6, 6.07) is 0. The number of nitrogen functional groups attached to an aromatic ring is 1. The molecular weight excluding hydrogens is 270 g/mol. The van der Waals surface area contributed by atoms with Crippen LogP contribution in [-0.2, 0) is 4.74 Å². The van der Waals surface area contributed by atoms with Crippen LogP contribution in [0.2, 0.25) is 0 Å². The lowest BCUT2D eigenvalue weighted by Crippen LogP contribution is -2.33. The van der Waals surface area contributed by atoms with Crippen LogP contribution in [-0.4, -0.2) is 71.6 Å². The third kappa shape index (κ3) is 3.00. The third-order valence-electron chi connectivity index (χ3n) is 2.71. The second kappa shape index (κ2) is 6.07. The van der Waals surface area contributed by atoms with Crippen LogP contribution >= 0.6 is 0 Å². The molecule has 1 aliphatic rings. The average Bonchev–Trinajstić information content (AvgIpc) is 2.99. The number of hydrogen-bond acceptors (Lipinski definition) is 9. The smallest absolute Gasteiger partial charge is 0.222 e. The molecule has 0 spiro atoms. The van der Waals surface area contributed by atoms with Crippen molar-refractivity contribution in [1.29, 1.82) is 0 Å². The van der Waals surface area contributed by atoms with E-state index < -0.39 is 31.2 Å². The summed E-state index contributed by atoms with van der Waals surface area (Å²) in [5, 5.41) is 35.0. The zero-order valence-corrected chi connectivity index (χ0v) is 10.3. The number of fused-ring (bicyclic) bond motifs is 1. The zero-order valence-electron chi connectivity index (χ0n) is 10.3. The largest absolute Gasteiger partial charge is 0.394 e. The summed E-state index contributed by atoms with van der Waals surface area (Å²) in [5.74, 6) is 0.261. The van der Waals surface area contributed by atoms with Crippen molar-refractivity contribution >= 4 is 17.1 Å². The van der Waals surface area contributed by atoms with Gasteiger partial charge in [-0.05, 0) is 0 Å². The fourth-order valence-corrected chi connectivity index (χ4v) is 1.63. The molecule has 0 aromatic carbocycles. The van der Waals surface area contributed by atoms with Gasteiger partial charge >= 0.3 is 0 Å². The first-order chi connectivity index (χ1) is 9.52. The molecule has 1 fully saturated rings. The Morgan fingerprint density at radius 3 is 2.55 bits per heavy atom. The number of anilines is 1. The van der Waals surface area contributed by atoms with Crippen LogP contribution in [0.5, 0.6) is 0 Å². The Bertz CT molecular complexity index is 564. The summed E-state index contributed by atoms with van der Waals surface area (Å²) in [4.78, 5) is 14.4. The molecule has 1 aliphatic heterocycles. The number of aromatic nitrogens is 4. The van der Waals surface area contributed by atoms with Gasteiger partial charge in [0.2, 0.25) is 5.95 Å². The monoisotopic (exact) mass is 285 g/mol. The summed E-state index contributed by atoms with van der Waals surface area (Å²) in [5.41, 5.74) is 6.72. The van der Waals surface area contributed by atoms with E-state index in [4.69, 9.17) is 26.2 Å². The highest BCUT2D eigenvalue weighted by atomic mass is 16.6. The molecule has 0 aliphatic carbocycles. The molecule has 1 unspecified atom stereocenters. The van der Waals surface area contributed by atoms with Gasteiger partial charge in [-0.25, -0.2) is 9.97 Å².